The molecule has 1 aromatic carbocycles. The van der Waals surface area contributed by atoms with E-state index in [4.69, 9.17) is 19.6 Å². The second-order valence-corrected chi connectivity index (χ2v) is 4.25. The fourth-order valence-electron chi connectivity index (χ4n) is 1.77. The van der Waals surface area contributed by atoms with Gasteiger partial charge in [-0.3, -0.25) is 0 Å². The molecular formula is C16H17NO4. The zero-order valence-electron chi connectivity index (χ0n) is 12.0. The first-order valence-corrected chi connectivity index (χ1v) is 6.52. The lowest BCUT2D eigenvalue weighted by molar-refractivity contribution is -0.138. The summed E-state index contributed by atoms with van der Waals surface area (Å²) in [5, 5.41) is 0. The standard InChI is InChI=1S/C16H17NO4/c1-3-20-16(18)14(17)10-13-8-9-15(21-13)11-4-6-12(19-2)7-5-11/h4-10H,3,17H2,1-2H3/b14-10-. The summed E-state index contributed by atoms with van der Waals surface area (Å²) in [6.45, 7) is 2.00. The van der Waals surface area contributed by atoms with Crippen LogP contribution in [0.25, 0.3) is 17.4 Å². The van der Waals surface area contributed by atoms with Gasteiger partial charge in [-0.15, -0.1) is 0 Å². The maximum atomic E-state index is 11.4. The van der Waals surface area contributed by atoms with Crippen LogP contribution in [-0.4, -0.2) is 19.7 Å². The van der Waals surface area contributed by atoms with Gasteiger partial charge in [0.25, 0.3) is 0 Å². The summed E-state index contributed by atoms with van der Waals surface area (Å²) in [5.74, 6) is 1.39. The topological polar surface area (TPSA) is 74.7 Å². The normalized spacial score (nSPS) is 11.2. The molecule has 0 radical (unpaired) electrons. The first-order chi connectivity index (χ1) is 10.1. The Hall–Kier alpha value is -2.69. The molecule has 0 aliphatic rings. The van der Waals surface area contributed by atoms with Crippen molar-refractivity contribution in [2.75, 3.05) is 13.7 Å². The largest absolute Gasteiger partial charge is 0.497 e. The van der Waals surface area contributed by atoms with Crippen LogP contribution in [-0.2, 0) is 9.53 Å². The molecule has 0 bridgehead atoms. The van der Waals surface area contributed by atoms with Gasteiger partial charge < -0.3 is 19.6 Å². The molecule has 0 aliphatic heterocycles. The van der Waals surface area contributed by atoms with Gasteiger partial charge in [-0.2, -0.15) is 0 Å². The van der Waals surface area contributed by atoms with Gasteiger partial charge in [-0.1, -0.05) is 0 Å². The molecule has 0 aliphatic carbocycles. The Morgan fingerprint density at radius 3 is 2.57 bits per heavy atom. The van der Waals surface area contributed by atoms with Crippen LogP contribution in [0.4, 0.5) is 0 Å². The number of hydrogen-bond acceptors (Lipinski definition) is 5. The summed E-state index contributed by atoms with van der Waals surface area (Å²) in [4.78, 5) is 11.4. The maximum absolute atomic E-state index is 11.4. The molecule has 2 rings (SSSR count). The molecule has 0 unspecified atom stereocenters. The Balaban J connectivity index is 2.17. The van der Waals surface area contributed by atoms with Crippen LogP contribution in [0, 0.1) is 0 Å². The van der Waals surface area contributed by atoms with E-state index in [0.29, 0.717) is 11.5 Å². The summed E-state index contributed by atoms with van der Waals surface area (Å²) >= 11 is 0. The van der Waals surface area contributed by atoms with Crippen molar-refractivity contribution in [1.29, 1.82) is 0 Å². The highest BCUT2D eigenvalue weighted by molar-refractivity contribution is 5.92. The monoisotopic (exact) mass is 287 g/mol. The zero-order valence-corrected chi connectivity index (χ0v) is 12.0. The van der Waals surface area contributed by atoms with E-state index in [9.17, 15) is 4.79 Å². The molecule has 1 heterocycles. The Labute approximate surface area is 123 Å². The van der Waals surface area contributed by atoms with Gasteiger partial charge in [0, 0.05) is 11.6 Å². The molecule has 5 nitrogen and oxygen atoms in total. The molecular weight excluding hydrogens is 270 g/mol. The number of carbonyl (C=O) groups excluding carboxylic acids is 1. The first-order valence-electron chi connectivity index (χ1n) is 6.52. The minimum atomic E-state index is -0.556. The van der Waals surface area contributed by atoms with Crippen LogP contribution < -0.4 is 10.5 Å². The van der Waals surface area contributed by atoms with Gasteiger partial charge in [-0.25, -0.2) is 4.79 Å². The number of carbonyl (C=O) groups is 1. The van der Waals surface area contributed by atoms with Crippen molar-refractivity contribution in [2.45, 2.75) is 6.92 Å². The number of esters is 1. The molecule has 5 heteroatoms. The molecule has 21 heavy (non-hydrogen) atoms. The van der Waals surface area contributed by atoms with Crippen LogP contribution in [0.5, 0.6) is 5.75 Å². The minimum Gasteiger partial charge on any atom is -0.497 e. The highest BCUT2D eigenvalue weighted by Gasteiger charge is 2.08. The van der Waals surface area contributed by atoms with Crippen molar-refractivity contribution >= 4 is 12.0 Å². The Morgan fingerprint density at radius 1 is 1.24 bits per heavy atom. The zero-order chi connectivity index (χ0) is 15.2. The lowest BCUT2D eigenvalue weighted by Gasteiger charge is -2.01. The summed E-state index contributed by atoms with van der Waals surface area (Å²) in [6, 6.07) is 11.0. The number of furan rings is 1. The summed E-state index contributed by atoms with van der Waals surface area (Å²) in [6.07, 6.45) is 1.45. The van der Waals surface area contributed by atoms with Crippen molar-refractivity contribution in [3.05, 3.63) is 47.9 Å². The third kappa shape index (κ3) is 3.66. The molecule has 2 aromatic rings. The van der Waals surface area contributed by atoms with E-state index in [0.717, 1.165) is 11.3 Å². The van der Waals surface area contributed by atoms with Crippen molar-refractivity contribution in [2.24, 2.45) is 5.73 Å². The maximum Gasteiger partial charge on any atom is 0.354 e. The van der Waals surface area contributed by atoms with E-state index < -0.39 is 5.97 Å². The molecule has 0 fully saturated rings. The Morgan fingerprint density at radius 2 is 1.95 bits per heavy atom. The third-order valence-electron chi connectivity index (χ3n) is 2.81. The van der Waals surface area contributed by atoms with Gasteiger partial charge in [0.15, 0.2) is 0 Å². The molecule has 2 N–H and O–H groups in total. The number of methoxy groups -OCH3 is 1. The predicted octanol–water partition coefficient (Wildman–Crippen LogP) is 2.82. The Kier molecular flexibility index (Phi) is 4.66. The summed E-state index contributed by atoms with van der Waals surface area (Å²) in [7, 11) is 1.61. The average molecular weight is 287 g/mol. The van der Waals surface area contributed by atoms with E-state index in [1.165, 1.54) is 6.08 Å². The van der Waals surface area contributed by atoms with Crippen molar-refractivity contribution in [3.63, 3.8) is 0 Å². The highest BCUT2D eigenvalue weighted by atomic mass is 16.5. The predicted molar refractivity (Wildman–Crippen MR) is 79.5 cm³/mol. The first kappa shape index (κ1) is 14.7. The number of benzene rings is 1. The van der Waals surface area contributed by atoms with Gasteiger partial charge >= 0.3 is 5.97 Å². The van der Waals surface area contributed by atoms with E-state index in [2.05, 4.69) is 0 Å². The van der Waals surface area contributed by atoms with Crippen LogP contribution >= 0.6 is 0 Å². The molecule has 110 valence electrons. The van der Waals surface area contributed by atoms with Crippen LogP contribution in [0.15, 0.2) is 46.5 Å². The smallest absolute Gasteiger partial charge is 0.354 e. The van der Waals surface area contributed by atoms with Gasteiger partial charge in [0.05, 0.1) is 13.7 Å². The van der Waals surface area contributed by atoms with Crippen LogP contribution in [0.2, 0.25) is 0 Å². The molecule has 0 amide bonds. The third-order valence-corrected chi connectivity index (χ3v) is 2.81. The number of ether oxygens (including phenoxy) is 2. The fourth-order valence-corrected chi connectivity index (χ4v) is 1.77. The quantitative estimate of drug-likeness (QED) is 0.676. The number of rotatable bonds is 5. The van der Waals surface area contributed by atoms with E-state index in [1.54, 1.807) is 20.1 Å². The summed E-state index contributed by atoms with van der Waals surface area (Å²) in [5.41, 5.74) is 6.55. The summed E-state index contributed by atoms with van der Waals surface area (Å²) < 4.78 is 15.5. The lowest BCUT2D eigenvalue weighted by atomic mass is 10.2. The number of nitrogens with two attached hydrogens (primary N) is 1. The number of hydrogen-bond donors (Lipinski definition) is 1. The highest BCUT2D eigenvalue weighted by Crippen LogP contribution is 2.25. The van der Waals surface area contributed by atoms with Crippen molar-refractivity contribution < 1.29 is 18.7 Å². The van der Waals surface area contributed by atoms with E-state index in [1.807, 2.05) is 30.3 Å². The average Bonchev–Trinajstić information content (AvgIpc) is 2.96. The second-order valence-electron chi connectivity index (χ2n) is 4.25. The van der Waals surface area contributed by atoms with E-state index >= 15 is 0 Å². The SMILES string of the molecule is CCOC(=O)/C(N)=C/c1ccc(-c2ccc(OC)cc2)o1. The van der Waals surface area contributed by atoms with Crippen molar-refractivity contribution in [1.82, 2.24) is 0 Å². The molecule has 0 saturated heterocycles. The lowest BCUT2D eigenvalue weighted by Crippen LogP contribution is -2.14. The molecule has 0 atom stereocenters. The molecule has 1 aromatic heterocycles. The van der Waals surface area contributed by atoms with Gasteiger partial charge in [-0.05, 0) is 43.3 Å². The van der Waals surface area contributed by atoms with Gasteiger partial charge in [0.1, 0.15) is 23.0 Å². The van der Waals surface area contributed by atoms with E-state index in [-0.39, 0.29) is 12.3 Å². The van der Waals surface area contributed by atoms with Crippen molar-refractivity contribution in [3.8, 4) is 17.1 Å². The minimum absolute atomic E-state index is 0.00693. The van der Waals surface area contributed by atoms with Gasteiger partial charge in [0.2, 0.25) is 0 Å². The Bertz CT molecular complexity index is 641. The van der Waals surface area contributed by atoms with Crippen LogP contribution in [0.3, 0.4) is 0 Å². The molecule has 0 saturated carbocycles. The second kappa shape index (κ2) is 6.65. The molecule has 0 spiro atoms. The van der Waals surface area contributed by atoms with Crippen LogP contribution in [0.1, 0.15) is 12.7 Å². The fraction of sp³-hybridized carbons (Fsp3) is 0.188.